The van der Waals surface area contributed by atoms with Crippen molar-refractivity contribution in [1.82, 2.24) is 15.5 Å². The summed E-state index contributed by atoms with van der Waals surface area (Å²) >= 11 is 1.47. The van der Waals surface area contributed by atoms with Crippen LogP contribution in [-0.4, -0.2) is 90.4 Å². The monoisotopic (exact) mass is 789 g/mol. The molecule has 7 atom stereocenters. The Hall–Kier alpha value is -4.41. The fraction of sp³-hybridized carbons (Fsp3) is 0.512. The summed E-state index contributed by atoms with van der Waals surface area (Å²) < 4.78 is 36.3. The molecular formula is C41H47N3O11S. The number of piperazine rings is 1. The van der Waals surface area contributed by atoms with Gasteiger partial charge in [-0.1, -0.05) is 19.4 Å². The highest BCUT2D eigenvalue weighted by Gasteiger charge is 2.60. The van der Waals surface area contributed by atoms with E-state index in [1.54, 1.807) is 12.1 Å². The quantitative estimate of drug-likeness (QED) is 0.177. The van der Waals surface area contributed by atoms with Crippen LogP contribution >= 0.6 is 11.8 Å². The zero-order chi connectivity index (χ0) is 39.2. The van der Waals surface area contributed by atoms with E-state index in [0.29, 0.717) is 76.6 Å². The number of hydrogen-bond acceptors (Lipinski definition) is 15. The number of hydrogen-bond donors (Lipinski definition) is 5. The van der Waals surface area contributed by atoms with Crippen LogP contribution in [-0.2, 0) is 32.7 Å². The summed E-state index contributed by atoms with van der Waals surface area (Å²) in [7, 11) is 3.00. The van der Waals surface area contributed by atoms with Crippen LogP contribution in [0.2, 0.25) is 0 Å². The van der Waals surface area contributed by atoms with Gasteiger partial charge in [0.1, 0.15) is 18.6 Å². The van der Waals surface area contributed by atoms with Crippen molar-refractivity contribution < 1.29 is 53.3 Å². The van der Waals surface area contributed by atoms with E-state index in [9.17, 15) is 24.9 Å². The number of rotatable bonds is 6. The molecule has 1 spiro atoms. The highest BCUT2D eigenvalue weighted by Crippen LogP contribution is 2.63. The molecule has 7 aliphatic rings. The summed E-state index contributed by atoms with van der Waals surface area (Å²) in [6.45, 7) is 5.94. The molecular weight excluding hydrogens is 743 g/mol. The molecule has 7 heterocycles. The predicted octanol–water partition coefficient (Wildman–Crippen LogP) is 4.24. The molecule has 5 N–H and O–H groups in total. The zero-order valence-electron chi connectivity index (χ0n) is 32.0. The van der Waals surface area contributed by atoms with Crippen LogP contribution in [0.3, 0.4) is 0 Å². The second-order valence-corrected chi connectivity index (χ2v) is 16.6. The Bertz CT molecular complexity index is 2150. The first-order valence-electron chi connectivity index (χ1n) is 19.2. The number of carbonyl (C=O) groups is 2. The van der Waals surface area contributed by atoms with Crippen molar-refractivity contribution in [2.45, 2.75) is 94.1 Å². The van der Waals surface area contributed by atoms with Crippen molar-refractivity contribution in [3.63, 3.8) is 0 Å². The summed E-state index contributed by atoms with van der Waals surface area (Å²) in [5, 5.41) is 41.8. The highest BCUT2D eigenvalue weighted by atomic mass is 32.2. The molecule has 3 aromatic carbocycles. The first-order chi connectivity index (χ1) is 27.0. The van der Waals surface area contributed by atoms with Crippen LogP contribution in [0.4, 0.5) is 0 Å². The van der Waals surface area contributed by atoms with Crippen LogP contribution in [0.25, 0.3) is 0 Å². The zero-order valence-corrected chi connectivity index (χ0v) is 32.8. The van der Waals surface area contributed by atoms with Gasteiger partial charge in [-0.25, -0.2) is 4.79 Å². The van der Waals surface area contributed by atoms with E-state index in [4.69, 9.17) is 28.4 Å². The van der Waals surface area contributed by atoms with Gasteiger partial charge < -0.3 is 49.1 Å². The Labute approximate surface area is 328 Å². The number of ether oxygens (including phenoxy) is 6. The van der Waals surface area contributed by atoms with Crippen LogP contribution in [0, 0.1) is 13.8 Å². The fourth-order valence-electron chi connectivity index (χ4n) is 9.95. The van der Waals surface area contributed by atoms with Gasteiger partial charge in [0.25, 0.3) is 0 Å². The van der Waals surface area contributed by atoms with E-state index in [-0.39, 0.29) is 48.8 Å². The van der Waals surface area contributed by atoms with Crippen molar-refractivity contribution >= 4 is 23.7 Å². The Balaban J connectivity index is 1.29. The van der Waals surface area contributed by atoms with Gasteiger partial charge in [-0.15, -0.1) is 11.8 Å². The van der Waals surface area contributed by atoms with Crippen molar-refractivity contribution in [1.29, 1.82) is 0 Å². The topological polar surface area (TPSA) is 178 Å². The molecule has 15 heteroatoms. The molecule has 56 heavy (non-hydrogen) atoms. The van der Waals surface area contributed by atoms with Crippen LogP contribution < -0.4 is 34.3 Å². The van der Waals surface area contributed by atoms with E-state index < -0.39 is 47.2 Å². The predicted molar refractivity (Wildman–Crippen MR) is 204 cm³/mol. The Morgan fingerprint density at radius 1 is 1.04 bits per heavy atom. The lowest BCUT2D eigenvalue weighted by Crippen LogP contribution is -2.69. The first-order valence-corrected chi connectivity index (χ1v) is 20.3. The maximum absolute atomic E-state index is 14.7. The molecule has 298 valence electrons. The lowest BCUT2D eigenvalue weighted by atomic mass is 9.74. The number of aliphatic hydroxyl groups is 1. The number of fused-ring (bicyclic) bond motifs is 9. The Morgan fingerprint density at radius 3 is 2.61 bits per heavy atom. The number of aromatic hydroxyl groups is 2. The number of thioether (sulfide) groups is 1. The second kappa shape index (κ2) is 13.9. The Kier molecular flexibility index (Phi) is 9.23. The second-order valence-electron chi connectivity index (χ2n) is 15.5. The third kappa shape index (κ3) is 5.37. The van der Waals surface area contributed by atoms with Crippen LogP contribution in [0.1, 0.15) is 88.0 Å². The molecule has 0 amide bonds. The molecule has 0 radical (unpaired) electrons. The average Bonchev–Trinajstić information content (AvgIpc) is 3.68. The van der Waals surface area contributed by atoms with E-state index in [1.165, 1.54) is 26.0 Å². The van der Waals surface area contributed by atoms with Crippen molar-refractivity contribution in [2.75, 3.05) is 39.9 Å². The number of nitrogens with zero attached hydrogens (tertiary/aromatic N) is 1. The third-order valence-electron chi connectivity index (χ3n) is 12.5. The van der Waals surface area contributed by atoms with Crippen LogP contribution in [0.15, 0.2) is 18.2 Å². The van der Waals surface area contributed by atoms with Crippen molar-refractivity contribution in [3.8, 4) is 40.2 Å². The number of phenolic OH excluding ortho intramolecular Hbond substituents is 2. The number of unbranched alkanes of at least 4 members (excludes halogenated alkanes) is 1. The Morgan fingerprint density at radius 2 is 1.84 bits per heavy atom. The smallest absolute Gasteiger partial charge is 0.331 e. The van der Waals surface area contributed by atoms with Gasteiger partial charge in [0.2, 0.25) is 6.79 Å². The minimum atomic E-state index is -1.36. The molecule has 2 fully saturated rings. The standard InChI is InChI=1S/C41H47N3O11S/c1-6-7-8-27(46)55-35-19(3)36-37(54-17-53-36)29-24-15-52-40(49)41(22-14-26(50-4)25(45)13-20(22)9-10-42-41)16-56-38(30(29)35)32-31-28-21(11-18(2)34(51-5)33(28)47)12-23(43-31)39(48)44(24)32/h11,13-14,23-24,31-32,38-39,42-43,45,47-48H,6-10,12,15-17H2,1-5H3/t23?,24-,31-,32?,38+,39-,41+/m0/s1. The third-order valence-corrected chi connectivity index (χ3v) is 13.9. The largest absolute Gasteiger partial charge is 0.504 e. The molecule has 3 aromatic rings. The number of aryl methyl sites for hydroxylation is 1. The summed E-state index contributed by atoms with van der Waals surface area (Å²) in [4.78, 5) is 30.3. The van der Waals surface area contributed by atoms with Gasteiger partial charge >= 0.3 is 11.9 Å². The first kappa shape index (κ1) is 37.2. The van der Waals surface area contributed by atoms with E-state index in [1.807, 2.05) is 31.7 Å². The lowest BCUT2D eigenvalue weighted by Gasteiger charge is -2.59. The molecule has 2 unspecified atom stereocenters. The van der Waals surface area contributed by atoms with Crippen molar-refractivity contribution in [2.24, 2.45) is 0 Å². The van der Waals surface area contributed by atoms with Gasteiger partial charge in [-0.05, 0) is 67.5 Å². The molecule has 4 bridgehead atoms. The maximum atomic E-state index is 14.7. The van der Waals surface area contributed by atoms with Gasteiger partial charge in [0, 0.05) is 47.0 Å². The van der Waals surface area contributed by atoms with Crippen LogP contribution in [0.5, 0.6) is 40.2 Å². The molecule has 10 rings (SSSR count). The van der Waals surface area contributed by atoms with E-state index in [2.05, 4.69) is 10.6 Å². The number of aliphatic hydroxyl groups excluding tert-OH is 1. The highest BCUT2D eigenvalue weighted by molar-refractivity contribution is 7.99. The number of nitrogens with one attached hydrogen (secondary N) is 2. The molecule has 0 aromatic heterocycles. The van der Waals surface area contributed by atoms with Gasteiger partial charge in [-0.3, -0.25) is 15.0 Å². The molecule has 0 saturated carbocycles. The normalized spacial score (nSPS) is 28.4. The summed E-state index contributed by atoms with van der Waals surface area (Å²) in [5.74, 6) is 1.12. The minimum Gasteiger partial charge on any atom is -0.504 e. The average molecular weight is 790 g/mol. The summed E-state index contributed by atoms with van der Waals surface area (Å²) in [6.07, 6.45) is 1.62. The minimum absolute atomic E-state index is 0.0212. The van der Waals surface area contributed by atoms with Gasteiger partial charge in [0.15, 0.2) is 40.0 Å². The summed E-state index contributed by atoms with van der Waals surface area (Å²) in [5.41, 5.74) is 4.35. The summed E-state index contributed by atoms with van der Waals surface area (Å²) in [6, 6.07) is 3.01. The van der Waals surface area contributed by atoms with Gasteiger partial charge in [-0.2, -0.15) is 0 Å². The van der Waals surface area contributed by atoms with E-state index >= 15 is 0 Å². The maximum Gasteiger partial charge on any atom is 0.331 e. The number of carbonyl (C=O) groups excluding carboxylic acids is 2. The SMILES string of the molecule is CCCCC(=O)Oc1c(C)c2c(c3c1[C@H]1SC[C@]4(NCCc5cc(O)c(OC)cc54)C(=O)OC[C@@H]3N3C1[C@H]1NC(Cc4cc(C)c(OC)c(O)c41)[C@@H]3O)OCO2. The molecule has 14 nitrogen and oxygen atoms in total. The fourth-order valence-corrected chi connectivity index (χ4v) is 11.6. The van der Waals surface area contributed by atoms with Gasteiger partial charge in [0.05, 0.1) is 37.6 Å². The number of methoxy groups -OCH3 is 2. The number of benzene rings is 3. The van der Waals surface area contributed by atoms with Crippen molar-refractivity contribution in [3.05, 3.63) is 62.7 Å². The van der Waals surface area contributed by atoms with E-state index in [0.717, 1.165) is 23.1 Å². The lowest BCUT2D eigenvalue weighted by molar-refractivity contribution is -0.164. The number of esters is 2. The molecule has 7 aliphatic heterocycles. The molecule has 0 aliphatic carbocycles. The number of phenols is 2. The molecule has 2 saturated heterocycles.